The number of benzene rings is 2. The maximum atomic E-state index is 13.5. The molecule has 1 fully saturated rings. The fourth-order valence-corrected chi connectivity index (χ4v) is 8.21. The molecule has 10 nitrogen and oxygen atoms in total. The van der Waals surface area contributed by atoms with Crippen LogP contribution in [0.5, 0.6) is 0 Å². The number of nitrogens with zero attached hydrogens (tertiary/aromatic N) is 5. The minimum Gasteiger partial charge on any atom is -0.422 e. The zero-order valence-electron chi connectivity index (χ0n) is 19.6. The number of thiazole rings is 1. The Morgan fingerprint density at radius 2 is 1.38 bits per heavy atom. The van der Waals surface area contributed by atoms with Crippen LogP contribution in [0.25, 0.3) is 21.9 Å². The first kappa shape index (κ1) is 25.2. The highest BCUT2D eigenvalue weighted by molar-refractivity contribution is 7.89. The molecule has 190 valence electrons. The Hall–Kier alpha value is -3.41. The van der Waals surface area contributed by atoms with Crippen molar-refractivity contribution in [1.29, 1.82) is 5.26 Å². The van der Waals surface area contributed by atoms with E-state index in [-0.39, 0.29) is 42.8 Å². The second-order valence-corrected chi connectivity index (χ2v) is 13.1. The lowest BCUT2D eigenvalue weighted by atomic mass is 10.2. The largest absolute Gasteiger partial charge is 0.422 e. The number of aryl methyl sites for hydroxylation is 1. The summed E-state index contributed by atoms with van der Waals surface area (Å²) in [5, 5.41) is 9.52. The van der Waals surface area contributed by atoms with Crippen molar-refractivity contribution in [3.8, 4) is 28.0 Å². The van der Waals surface area contributed by atoms with E-state index in [1.807, 2.05) is 30.3 Å². The van der Waals surface area contributed by atoms with Gasteiger partial charge in [-0.15, -0.1) is 11.3 Å². The van der Waals surface area contributed by atoms with Gasteiger partial charge < -0.3 is 4.42 Å². The Labute approximate surface area is 218 Å². The molecule has 1 saturated heterocycles. The van der Waals surface area contributed by atoms with Crippen molar-refractivity contribution in [2.75, 3.05) is 26.2 Å². The van der Waals surface area contributed by atoms with Gasteiger partial charge in [0.15, 0.2) is 10.7 Å². The first-order valence-corrected chi connectivity index (χ1v) is 14.9. The molecule has 2 aromatic carbocycles. The Kier molecular flexibility index (Phi) is 6.69. The topological polar surface area (TPSA) is 137 Å². The molecule has 2 aromatic heterocycles. The number of aromatic nitrogens is 2. The molecule has 0 radical (unpaired) electrons. The molecule has 0 unspecified atom stereocenters. The van der Waals surface area contributed by atoms with Crippen molar-refractivity contribution in [2.45, 2.75) is 17.0 Å². The zero-order chi connectivity index (χ0) is 26.2. The predicted octanol–water partition coefficient (Wildman–Crippen LogP) is 3.34. The van der Waals surface area contributed by atoms with Gasteiger partial charge in [0.1, 0.15) is 6.07 Å². The monoisotopic (exact) mass is 555 g/mol. The number of rotatable bonds is 6. The third-order valence-corrected chi connectivity index (χ3v) is 10.6. The van der Waals surface area contributed by atoms with Crippen molar-refractivity contribution in [1.82, 2.24) is 18.6 Å². The second kappa shape index (κ2) is 9.81. The van der Waals surface area contributed by atoms with E-state index in [2.05, 4.69) is 9.97 Å². The van der Waals surface area contributed by atoms with Crippen LogP contribution in [0.1, 0.15) is 10.7 Å². The minimum atomic E-state index is -4.23. The summed E-state index contributed by atoms with van der Waals surface area (Å²) in [4.78, 5) is 8.89. The predicted molar refractivity (Wildman–Crippen MR) is 136 cm³/mol. The van der Waals surface area contributed by atoms with Crippen molar-refractivity contribution in [3.05, 3.63) is 71.4 Å². The molecular weight excluding hydrogens is 534 g/mol. The van der Waals surface area contributed by atoms with Crippen LogP contribution in [0.3, 0.4) is 0 Å². The fraction of sp³-hybridized carbons (Fsp3) is 0.208. The SMILES string of the molecule is Cc1nc(S(=O)(=O)N2CCN(S(=O)(=O)c3oc(-c4ccccc4)nc3C#N)CC2)c(-c2ccccc2)s1. The lowest BCUT2D eigenvalue weighted by Gasteiger charge is -2.32. The summed E-state index contributed by atoms with van der Waals surface area (Å²) in [5.41, 5.74) is 0.931. The molecule has 0 amide bonds. The van der Waals surface area contributed by atoms with E-state index in [0.29, 0.717) is 15.4 Å². The Balaban J connectivity index is 1.38. The van der Waals surface area contributed by atoms with E-state index in [9.17, 15) is 22.1 Å². The molecule has 13 heteroatoms. The third-order valence-electron chi connectivity index (χ3n) is 5.82. The molecule has 3 heterocycles. The van der Waals surface area contributed by atoms with Crippen LogP contribution in [0, 0.1) is 18.3 Å². The average molecular weight is 556 g/mol. The molecular formula is C24H21N5O5S3. The smallest absolute Gasteiger partial charge is 0.279 e. The van der Waals surface area contributed by atoms with E-state index < -0.39 is 25.1 Å². The number of oxazole rings is 1. The quantitative estimate of drug-likeness (QED) is 0.353. The average Bonchev–Trinajstić information content (AvgIpc) is 3.55. The second-order valence-electron chi connectivity index (χ2n) is 8.17. The summed E-state index contributed by atoms with van der Waals surface area (Å²) in [6.45, 7) is 1.37. The van der Waals surface area contributed by atoms with Crippen LogP contribution in [-0.2, 0) is 20.0 Å². The van der Waals surface area contributed by atoms with Gasteiger partial charge in [0.05, 0.1) is 9.88 Å². The Morgan fingerprint density at radius 1 is 0.838 bits per heavy atom. The van der Waals surface area contributed by atoms with Crippen molar-refractivity contribution in [2.24, 2.45) is 0 Å². The van der Waals surface area contributed by atoms with Crippen LogP contribution in [-0.4, -0.2) is 61.6 Å². The van der Waals surface area contributed by atoms with Gasteiger partial charge in [0, 0.05) is 31.7 Å². The minimum absolute atomic E-state index is 0.0179. The standard InChI is InChI=1S/C24H21N5O5S3/c1-17-26-23(21(35-17)18-8-4-2-5-9-18)36(30,31)28-12-14-29(15-13-28)37(32,33)24-20(16-25)27-22(34-24)19-10-6-3-7-11-19/h2-11H,12-15H2,1H3. The summed E-state index contributed by atoms with van der Waals surface area (Å²) in [6.07, 6.45) is 0. The normalized spacial score (nSPS) is 15.5. The van der Waals surface area contributed by atoms with E-state index in [0.717, 1.165) is 9.87 Å². The molecule has 1 aliphatic rings. The highest BCUT2D eigenvalue weighted by Gasteiger charge is 2.39. The Morgan fingerprint density at radius 3 is 1.95 bits per heavy atom. The van der Waals surface area contributed by atoms with E-state index in [1.54, 1.807) is 43.3 Å². The van der Waals surface area contributed by atoms with Crippen LogP contribution in [0.4, 0.5) is 0 Å². The summed E-state index contributed by atoms with van der Waals surface area (Å²) >= 11 is 1.29. The van der Waals surface area contributed by atoms with Gasteiger partial charge >= 0.3 is 0 Å². The molecule has 37 heavy (non-hydrogen) atoms. The number of sulfonamides is 2. The highest BCUT2D eigenvalue weighted by Crippen LogP contribution is 2.35. The van der Waals surface area contributed by atoms with Crippen LogP contribution >= 0.6 is 11.3 Å². The molecule has 0 N–H and O–H groups in total. The van der Waals surface area contributed by atoms with Crippen molar-refractivity contribution >= 4 is 31.4 Å². The van der Waals surface area contributed by atoms with Crippen molar-refractivity contribution in [3.63, 3.8) is 0 Å². The van der Waals surface area contributed by atoms with E-state index in [4.69, 9.17) is 4.42 Å². The molecule has 5 rings (SSSR count). The lowest BCUT2D eigenvalue weighted by molar-refractivity contribution is 0.267. The lowest BCUT2D eigenvalue weighted by Crippen LogP contribution is -2.50. The first-order valence-electron chi connectivity index (χ1n) is 11.2. The van der Waals surface area contributed by atoms with Gasteiger partial charge in [0.25, 0.3) is 25.1 Å². The van der Waals surface area contributed by atoms with Crippen LogP contribution in [0.2, 0.25) is 0 Å². The van der Waals surface area contributed by atoms with Crippen LogP contribution in [0.15, 0.2) is 75.2 Å². The van der Waals surface area contributed by atoms with Gasteiger partial charge in [-0.1, -0.05) is 48.5 Å². The van der Waals surface area contributed by atoms with E-state index in [1.165, 1.54) is 15.6 Å². The maximum absolute atomic E-state index is 13.5. The van der Waals surface area contributed by atoms with E-state index >= 15 is 0 Å². The highest BCUT2D eigenvalue weighted by atomic mass is 32.2. The fourth-order valence-electron chi connectivity index (χ4n) is 4.00. The summed E-state index contributed by atoms with van der Waals surface area (Å²) in [7, 11) is -8.20. The summed E-state index contributed by atoms with van der Waals surface area (Å²) < 4.78 is 61.6. The van der Waals surface area contributed by atoms with Gasteiger partial charge in [-0.2, -0.15) is 18.9 Å². The van der Waals surface area contributed by atoms with Crippen LogP contribution < -0.4 is 0 Å². The van der Waals surface area contributed by atoms with Crippen molar-refractivity contribution < 1.29 is 21.3 Å². The molecule has 4 aromatic rings. The zero-order valence-corrected chi connectivity index (χ0v) is 22.1. The number of piperazine rings is 1. The molecule has 1 aliphatic heterocycles. The third kappa shape index (κ3) is 4.70. The number of hydrogen-bond donors (Lipinski definition) is 0. The first-order chi connectivity index (χ1) is 17.7. The summed E-state index contributed by atoms with van der Waals surface area (Å²) in [6, 6.07) is 19.6. The molecule has 0 aliphatic carbocycles. The molecule has 0 saturated carbocycles. The van der Waals surface area contributed by atoms with Gasteiger partial charge in [0.2, 0.25) is 5.89 Å². The number of nitriles is 1. The van der Waals surface area contributed by atoms with Gasteiger partial charge in [-0.25, -0.2) is 21.8 Å². The maximum Gasteiger partial charge on any atom is 0.279 e. The van der Waals surface area contributed by atoms with Gasteiger partial charge in [-0.05, 0) is 24.6 Å². The Bertz CT molecular complexity index is 1680. The molecule has 0 bridgehead atoms. The molecule has 0 atom stereocenters. The summed E-state index contributed by atoms with van der Waals surface area (Å²) in [5.74, 6) is 0.0179. The van der Waals surface area contributed by atoms with Gasteiger partial charge in [-0.3, -0.25) is 0 Å². The number of hydrogen-bond acceptors (Lipinski definition) is 9. The molecule has 0 spiro atoms.